The fourth-order valence-electron chi connectivity index (χ4n) is 3.59. The van der Waals surface area contributed by atoms with Crippen LogP contribution in [0.25, 0.3) is 0 Å². The van der Waals surface area contributed by atoms with E-state index in [0.717, 1.165) is 5.57 Å². The van der Waals surface area contributed by atoms with Crippen molar-refractivity contribution < 1.29 is 31.4 Å². The normalized spacial score (nSPS) is 35.7. The van der Waals surface area contributed by atoms with E-state index in [1.54, 1.807) is 0 Å². The van der Waals surface area contributed by atoms with Crippen molar-refractivity contribution >= 4 is 20.4 Å². The van der Waals surface area contributed by atoms with Crippen molar-refractivity contribution in [2.24, 2.45) is 11.8 Å². The van der Waals surface area contributed by atoms with Crippen LogP contribution in [0, 0.1) is 11.8 Å². The Bertz CT molecular complexity index is 657. The molecule has 0 amide bonds. The van der Waals surface area contributed by atoms with Gasteiger partial charge in [0.25, 0.3) is 10.1 Å². The van der Waals surface area contributed by atoms with Crippen LogP contribution in [-0.4, -0.2) is 47.1 Å². The fourth-order valence-corrected chi connectivity index (χ4v) is 5.10. The fraction of sp³-hybridized carbons (Fsp3) is 0.800. The summed E-state index contributed by atoms with van der Waals surface area (Å²) in [6, 6.07) is -0.196. The van der Waals surface area contributed by atoms with Gasteiger partial charge in [0.05, 0.1) is 11.3 Å². The first-order valence-electron chi connectivity index (χ1n) is 6.34. The summed E-state index contributed by atoms with van der Waals surface area (Å²) in [7, 11) is -8.31. The van der Waals surface area contributed by atoms with Crippen LogP contribution < -0.4 is 5.43 Å². The molecule has 122 valence electrons. The molecule has 0 aromatic heterocycles. The van der Waals surface area contributed by atoms with Crippen molar-refractivity contribution in [3.63, 3.8) is 0 Å². The minimum absolute atomic E-state index is 0. The van der Waals surface area contributed by atoms with Crippen molar-refractivity contribution in [1.82, 2.24) is 9.84 Å². The second-order valence-electron chi connectivity index (χ2n) is 5.73. The Labute approximate surface area is 122 Å². The number of nitrogens with zero attached hydrogens (tertiary/aromatic N) is 1. The zero-order valence-electron chi connectivity index (χ0n) is 11.0. The van der Waals surface area contributed by atoms with Gasteiger partial charge in [-0.2, -0.15) is 21.2 Å². The van der Waals surface area contributed by atoms with E-state index in [-0.39, 0.29) is 23.4 Å². The number of rotatable bonds is 2. The third-order valence-electron chi connectivity index (χ3n) is 4.52. The molecule has 2 saturated carbocycles. The molecule has 0 saturated heterocycles. The van der Waals surface area contributed by atoms with E-state index in [1.807, 2.05) is 0 Å². The summed E-state index contributed by atoms with van der Waals surface area (Å²) in [5.41, 5.74) is 3.54. The van der Waals surface area contributed by atoms with Gasteiger partial charge >= 0.3 is 10.3 Å². The molecule has 3 rings (SSSR count). The first-order chi connectivity index (χ1) is 9.14. The number of hydrogen-bond acceptors (Lipinski definition) is 5. The minimum Gasteiger partial charge on any atom is -0.412 e. The summed E-state index contributed by atoms with van der Waals surface area (Å²) in [6.07, 6.45) is 3.35. The Kier molecular flexibility index (Phi) is 4.10. The van der Waals surface area contributed by atoms with Crippen LogP contribution in [0.1, 0.15) is 25.7 Å². The van der Waals surface area contributed by atoms with Crippen LogP contribution in [0.4, 0.5) is 0 Å². The molecule has 21 heavy (non-hydrogen) atoms. The third kappa shape index (κ3) is 3.07. The predicted molar refractivity (Wildman–Crippen MR) is 72.8 cm³/mol. The van der Waals surface area contributed by atoms with E-state index in [2.05, 4.69) is 5.43 Å². The predicted octanol–water partition coefficient (Wildman–Crippen LogP) is -0.886. The number of hydrazine groups is 1. The molecule has 4 unspecified atom stereocenters. The van der Waals surface area contributed by atoms with Gasteiger partial charge in [-0.3, -0.25) is 9.11 Å². The second kappa shape index (κ2) is 5.18. The van der Waals surface area contributed by atoms with Gasteiger partial charge in [0.2, 0.25) is 0 Å². The molecule has 11 heteroatoms. The van der Waals surface area contributed by atoms with Gasteiger partial charge in [0.1, 0.15) is 0 Å². The maximum atomic E-state index is 11.2. The highest BCUT2D eigenvalue weighted by Gasteiger charge is 2.46. The molecular weight excluding hydrogens is 324 g/mol. The van der Waals surface area contributed by atoms with E-state index in [9.17, 15) is 16.8 Å². The number of hydrogen-bond donors (Lipinski definition) is 3. The van der Waals surface area contributed by atoms with Crippen LogP contribution in [0.5, 0.6) is 0 Å². The zero-order valence-corrected chi connectivity index (χ0v) is 12.6. The molecule has 0 radical (unpaired) electrons. The molecule has 9 nitrogen and oxygen atoms in total. The summed E-state index contributed by atoms with van der Waals surface area (Å²) in [5.74, 6) is 0.269. The van der Waals surface area contributed by atoms with Crippen LogP contribution in [-0.2, 0) is 20.4 Å². The molecule has 5 N–H and O–H groups in total. The molecule has 4 atom stereocenters. The lowest BCUT2D eigenvalue weighted by Crippen LogP contribution is -2.42. The molecule has 3 aliphatic rings. The van der Waals surface area contributed by atoms with Crippen molar-refractivity contribution in [2.45, 2.75) is 37.0 Å². The molecule has 0 spiro atoms. The van der Waals surface area contributed by atoms with Gasteiger partial charge in [-0.15, -0.1) is 0 Å². The smallest absolute Gasteiger partial charge is 0.373 e. The lowest BCUT2D eigenvalue weighted by Gasteiger charge is -2.31. The van der Waals surface area contributed by atoms with Crippen molar-refractivity contribution in [2.75, 3.05) is 0 Å². The van der Waals surface area contributed by atoms with E-state index < -0.39 is 25.7 Å². The maximum absolute atomic E-state index is 11.2. The summed E-state index contributed by atoms with van der Waals surface area (Å²) in [6.45, 7) is 0. The maximum Gasteiger partial charge on any atom is 0.373 e. The highest BCUT2D eigenvalue weighted by atomic mass is 32.2. The Morgan fingerprint density at radius 3 is 2.29 bits per heavy atom. The zero-order chi connectivity index (χ0) is 14.7. The van der Waals surface area contributed by atoms with Crippen molar-refractivity contribution in [3.8, 4) is 0 Å². The number of nitrogens with one attached hydrogen (secondary N) is 1. The quantitative estimate of drug-likeness (QED) is 0.550. The van der Waals surface area contributed by atoms with Gasteiger partial charge in [0, 0.05) is 6.20 Å². The van der Waals surface area contributed by atoms with Gasteiger partial charge in [0.15, 0.2) is 0 Å². The average molecular weight is 342 g/mol. The summed E-state index contributed by atoms with van der Waals surface area (Å²) in [5, 5.41) is -0.713. The van der Waals surface area contributed by atoms with E-state index in [0.29, 0.717) is 30.1 Å². The summed E-state index contributed by atoms with van der Waals surface area (Å²) < 4.78 is 63.4. The van der Waals surface area contributed by atoms with Crippen LogP contribution >= 0.6 is 0 Å². The SMILES string of the molecule is O.O=S(=O)(O)C1CC2CC3=CN(S(=O)(=O)O)NC3CC2C1. The Morgan fingerprint density at radius 2 is 1.71 bits per heavy atom. The monoisotopic (exact) mass is 342 g/mol. The van der Waals surface area contributed by atoms with Gasteiger partial charge < -0.3 is 5.48 Å². The van der Waals surface area contributed by atoms with Crippen LogP contribution in [0.3, 0.4) is 0 Å². The minimum atomic E-state index is -4.31. The summed E-state index contributed by atoms with van der Waals surface area (Å²) in [4.78, 5) is 0. The van der Waals surface area contributed by atoms with Crippen molar-refractivity contribution in [3.05, 3.63) is 11.8 Å². The average Bonchev–Trinajstić information content (AvgIpc) is 2.85. The lowest BCUT2D eigenvalue weighted by molar-refractivity contribution is 0.259. The molecular formula is C10H18N2O7S2. The summed E-state index contributed by atoms with van der Waals surface area (Å²) >= 11 is 0. The molecule has 1 heterocycles. The largest absolute Gasteiger partial charge is 0.412 e. The Hall–Kier alpha value is -0.720. The molecule has 2 aliphatic carbocycles. The van der Waals surface area contributed by atoms with Gasteiger partial charge in [-0.1, -0.05) is 0 Å². The van der Waals surface area contributed by atoms with E-state index in [1.165, 1.54) is 6.20 Å². The van der Waals surface area contributed by atoms with Crippen LogP contribution in [0.15, 0.2) is 11.8 Å². The van der Waals surface area contributed by atoms with Crippen molar-refractivity contribution in [1.29, 1.82) is 0 Å². The first kappa shape index (κ1) is 16.6. The van der Waals surface area contributed by atoms with E-state index in [4.69, 9.17) is 9.11 Å². The topological polar surface area (TPSA) is 156 Å². The second-order valence-corrected chi connectivity index (χ2v) is 8.71. The van der Waals surface area contributed by atoms with Gasteiger partial charge in [-0.05, 0) is 43.1 Å². The Balaban J connectivity index is 0.00000161. The molecule has 0 aromatic rings. The standard InChI is InChI=1S/C10H16N2O6S2.H2O/c13-19(14,15)9-2-6-1-8-5-12(20(16,17)18)11-10(8)4-7(6)3-9;/h5-7,9-11H,1-4H2,(H,13,14,15)(H,16,17,18);1H2. The molecule has 0 bridgehead atoms. The Morgan fingerprint density at radius 1 is 1.10 bits per heavy atom. The lowest BCUT2D eigenvalue weighted by atomic mass is 9.77. The number of fused-ring (bicyclic) bond motifs is 2. The molecule has 2 fully saturated rings. The molecule has 1 aliphatic heterocycles. The molecule has 0 aromatic carbocycles. The highest BCUT2D eigenvalue weighted by molar-refractivity contribution is 7.86. The third-order valence-corrected chi connectivity index (χ3v) is 6.45. The van der Waals surface area contributed by atoms with Crippen LogP contribution in [0.2, 0.25) is 0 Å². The van der Waals surface area contributed by atoms with Gasteiger partial charge in [-0.25, -0.2) is 5.43 Å². The highest BCUT2D eigenvalue weighted by Crippen LogP contribution is 2.47. The van der Waals surface area contributed by atoms with E-state index >= 15 is 0 Å². The first-order valence-corrected chi connectivity index (χ1v) is 9.24.